The van der Waals surface area contributed by atoms with Gasteiger partial charge in [-0.3, -0.25) is 9.36 Å². The van der Waals surface area contributed by atoms with Gasteiger partial charge < -0.3 is 10.4 Å². The first kappa shape index (κ1) is 28.3. The largest absolute Gasteiger partial charge is 0.416 e. The van der Waals surface area contributed by atoms with Crippen LogP contribution < -0.4 is 11.0 Å². The van der Waals surface area contributed by atoms with Gasteiger partial charge in [-0.05, 0) is 48.4 Å². The lowest BCUT2D eigenvalue weighted by molar-refractivity contribution is -0.207. The second-order valence-corrected chi connectivity index (χ2v) is 8.53. The Morgan fingerprint density at radius 1 is 1.11 bits per heavy atom. The molecule has 37 heavy (non-hydrogen) atoms. The van der Waals surface area contributed by atoms with E-state index in [1.54, 1.807) is 6.92 Å². The molecule has 0 radical (unpaired) electrons. The molecule has 0 aliphatic carbocycles. The zero-order valence-electron chi connectivity index (χ0n) is 19.1. The zero-order valence-corrected chi connectivity index (χ0v) is 19.9. The van der Waals surface area contributed by atoms with E-state index in [2.05, 4.69) is 10.4 Å². The second kappa shape index (κ2) is 11.0. The number of nitrogens with one attached hydrogen (secondary N) is 1. The molecule has 1 amide bonds. The molecule has 1 heterocycles. The summed E-state index contributed by atoms with van der Waals surface area (Å²) in [4.78, 5) is 25.5. The maximum absolute atomic E-state index is 13.1. The molecular weight excluding hydrogens is 530 g/mol. The minimum absolute atomic E-state index is 0.179. The smallest absolute Gasteiger partial charge is 0.382 e. The maximum Gasteiger partial charge on any atom is 0.416 e. The molecule has 2 aromatic carbocycles. The Morgan fingerprint density at radius 3 is 2.32 bits per heavy atom. The highest BCUT2D eigenvalue weighted by molar-refractivity contribution is 6.30. The Kier molecular flexibility index (Phi) is 8.38. The highest BCUT2D eigenvalue weighted by Gasteiger charge is 2.39. The van der Waals surface area contributed by atoms with Gasteiger partial charge >= 0.3 is 18.0 Å². The van der Waals surface area contributed by atoms with Gasteiger partial charge in [0, 0.05) is 10.6 Å². The van der Waals surface area contributed by atoms with Crippen molar-refractivity contribution in [2.75, 3.05) is 0 Å². The van der Waals surface area contributed by atoms with Gasteiger partial charge in [0.05, 0.1) is 18.2 Å². The monoisotopic (exact) mass is 550 g/mol. The summed E-state index contributed by atoms with van der Waals surface area (Å²) < 4.78 is 79.3. The second-order valence-electron chi connectivity index (χ2n) is 8.09. The average molecular weight is 551 g/mol. The summed E-state index contributed by atoms with van der Waals surface area (Å²) in [6.45, 7) is -0.281. The summed E-state index contributed by atoms with van der Waals surface area (Å²) in [5, 5.41) is 16.3. The molecule has 0 aliphatic heterocycles. The Morgan fingerprint density at radius 2 is 1.76 bits per heavy atom. The van der Waals surface area contributed by atoms with Crippen molar-refractivity contribution < 1.29 is 36.2 Å². The third-order valence-corrected chi connectivity index (χ3v) is 5.66. The summed E-state index contributed by atoms with van der Waals surface area (Å²) in [6.07, 6.45) is -12.3. The standard InChI is InChI=1S/C23H21ClF6N4O3/c1-2-17(14-4-3-5-15(10-14)22(25,26)27)31-19(36)12-34-21(37)33(11-18(35)23(28,29)30)20(32-34)13-6-8-16(24)9-7-13/h3-10,17-18,35H,2,11-12H2,1H3,(H,31,36). The quantitative estimate of drug-likeness (QED) is 0.402. The number of alkyl halides is 6. The van der Waals surface area contributed by atoms with Crippen LogP contribution in [-0.2, 0) is 24.1 Å². The predicted octanol–water partition coefficient (Wildman–Crippen LogP) is 4.57. The predicted molar refractivity (Wildman–Crippen MR) is 122 cm³/mol. The van der Waals surface area contributed by atoms with Crippen molar-refractivity contribution in [2.24, 2.45) is 0 Å². The van der Waals surface area contributed by atoms with Crippen molar-refractivity contribution >= 4 is 17.5 Å². The van der Waals surface area contributed by atoms with Crippen molar-refractivity contribution in [1.29, 1.82) is 0 Å². The van der Waals surface area contributed by atoms with Gasteiger partial charge in [0.15, 0.2) is 11.9 Å². The minimum atomic E-state index is -5.02. The molecule has 0 bridgehead atoms. The molecule has 1 aromatic heterocycles. The molecule has 3 rings (SSSR count). The molecule has 2 atom stereocenters. The van der Waals surface area contributed by atoms with Crippen LogP contribution in [0.1, 0.15) is 30.5 Å². The Labute approximate surface area is 211 Å². The highest BCUT2D eigenvalue weighted by Crippen LogP contribution is 2.31. The van der Waals surface area contributed by atoms with E-state index >= 15 is 0 Å². The topological polar surface area (TPSA) is 89.2 Å². The van der Waals surface area contributed by atoms with E-state index in [0.717, 1.165) is 12.1 Å². The summed E-state index contributed by atoms with van der Waals surface area (Å²) in [7, 11) is 0. The summed E-state index contributed by atoms with van der Waals surface area (Å²) in [6, 6.07) is 9.17. The van der Waals surface area contributed by atoms with Crippen LogP contribution in [0.4, 0.5) is 26.3 Å². The Bertz CT molecular complexity index is 1300. The van der Waals surface area contributed by atoms with Gasteiger partial charge in [-0.15, -0.1) is 5.10 Å². The van der Waals surface area contributed by atoms with E-state index in [1.165, 1.54) is 36.4 Å². The van der Waals surface area contributed by atoms with E-state index in [1.807, 2.05) is 0 Å². The lowest BCUT2D eigenvalue weighted by atomic mass is 10.0. The van der Waals surface area contributed by atoms with Gasteiger partial charge in [0.25, 0.3) is 0 Å². The van der Waals surface area contributed by atoms with Crippen LogP contribution in [0.25, 0.3) is 11.4 Å². The number of rotatable bonds is 8. The third kappa shape index (κ3) is 6.92. The molecule has 200 valence electrons. The fourth-order valence-electron chi connectivity index (χ4n) is 3.53. The first-order chi connectivity index (χ1) is 17.2. The van der Waals surface area contributed by atoms with E-state index in [9.17, 15) is 41.0 Å². The third-order valence-electron chi connectivity index (χ3n) is 5.41. The Balaban J connectivity index is 1.89. The summed E-state index contributed by atoms with van der Waals surface area (Å²) >= 11 is 5.84. The molecule has 7 nitrogen and oxygen atoms in total. The van der Waals surface area contributed by atoms with Crippen molar-refractivity contribution in [1.82, 2.24) is 19.7 Å². The van der Waals surface area contributed by atoms with Crippen molar-refractivity contribution in [3.8, 4) is 11.4 Å². The SMILES string of the molecule is CCC(NC(=O)Cn1nc(-c2ccc(Cl)cc2)n(CC(O)C(F)(F)F)c1=O)c1cccc(C(F)(F)F)c1. The van der Waals surface area contributed by atoms with Crippen molar-refractivity contribution in [2.45, 2.75) is 50.9 Å². The van der Waals surface area contributed by atoms with Crippen LogP contribution in [0, 0.1) is 0 Å². The van der Waals surface area contributed by atoms with E-state index in [0.29, 0.717) is 14.3 Å². The number of aliphatic hydroxyl groups is 1. The summed E-state index contributed by atoms with van der Waals surface area (Å²) in [5.41, 5.74) is -1.62. The number of amides is 1. The number of aliphatic hydroxyl groups excluding tert-OH is 1. The molecule has 0 spiro atoms. The van der Waals surface area contributed by atoms with Crippen molar-refractivity contribution in [3.63, 3.8) is 0 Å². The number of hydrogen-bond acceptors (Lipinski definition) is 4. The molecule has 3 aromatic rings. The van der Waals surface area contributed by atoms with Crippen LogP contribution >= 0.6 is 11.6 Å². The van der Waals surface area contributed by atoms with Gasteiger partial charge in [0.1, 0.15) is 6.54 Å². The Hall–Kier alpha value is -3.32. The lowest BCUT2D eigenvalue weighted by Crippen LogP contribution is -2.39. The number of aromatic nitrogens is 3. The zero-order chi connectivity index (χ0) is 27.5. The maximum atomic E-state index is 13.1. The lowest BCUT2D eigenvalue weighted by Gasteiger charge is -2.19. The number of benzene rings is 2. The van der Waals surface area contributed by atoms with Gasteiger partial charge in [-0.1, -0.05) is 30.7 Å². The van der Waals surface area contributed by atoms with Gasteiger partial charge in [-0.25, -0.2) is 9.48 Å². The van der Waals surface area contributed by atoms with E-state index in [4.69, 9.17) is 11.6 Å². The first-order valence-electron chi connectivity index (χ1n) is 10.9. The highest BCUT2D eigenvalue weighted by atomic mass is 35.5. The fraction of sp³-hybridized carbons (Fsp3) is 0.348. The molecule has 0 fully saturated rings. The summed E-state index contributed by atoms with van der Waals surface area (Å²) in [5.74, 6) is -1.06. The fourth-order valence-corrected chi connectivity index (χ4v) is 3.65. The molecule has 0 saturated carbocycles. The molecule has 2 N–H and O–H groups in total. The van der Waals surface area contributed by atoms with E-state index < -0.39 is 54.7 Å². The number of nitrogens with zero attached hydrogens (tertiary/aromatic N) is 3. The van der Waals surface area contributed by atoms with Crippen LogP contribution in [0.3, 0.4) is 0 Å². The minimum Gasteiger partial charge on any atom is -0.382 e. The van der Waals surface area contributed by atoms with Crippen molar-refractivity contribution in [3.05, 3.63) is 75.2 Å². The molecule has 2 unspecified atom stereocenters. The van der Waals surface area contributed by atoms with Crippen LogP contribution in [0.2, 0.25) is 5.02 Å². The molecular formula is C23H21ClF6N4O3. The molecule has 0 saturated heterocycles. The van der Waals surface area contributed by atoms with Crippen LogP contribution in [-0.4, -0.2) is 37.6 Å². The molecule has 0 aliphatic rings. The van der Waals surface area contributed by atoms with Crippen LogP contribution in [0.15, 0.2) is 53.3 Å². The average Bonchev–Trinajstić information content (AvgIpc) is 3.11. The normalized spacial score (nSPS) is 13.9. The molecule has 14 heteroatoms. The first-order valence-corrected chi connectivity index (χ1v) is 11.2. The number of carbonyl (C=O) groups excluding carboxylic acids is 1. The number of halogens is 7. The number of carbonyl (C=O) groups is 1. The van der Waals surface area contributed by atoms with Gasteiger partial charge in [0.2, 0.25) is 5.91 Å². The van der Waals surface area contributed by atoms with Crippen LogP contribution in [0.5, 0.6) is 0 Å². The van der Waals surface area contributed by atoms with Gasteiger partial charge in [-0.2, -0.15) is 26.3 Å². The number of hydrogen-bond donors (Lipinski definition) is 2. The van der Waals surface area contributed by atoms with E-state index in [-0.39, 0.29) is 23.4 Å².